The quantitative estimate of drug-likeness (QED) is 0.580. The Morgan fingerprint density at radius 1 is 1.18 bits per heavy atom. The van der Waals surface area contributed by atoms with Crippen LogP contribution in [0.15, 0.2) is 24.3 Å². The van der Waals surface area contributed by atoms with Crippen molar-refractivity contribution < 1.29 is 0 Å². The monoisotopic (exact) mass is 184 g/mol. The molecule has 0 radical (unpaired) electrons. The van der Waals surface area contributed by atoms with Crippen molar-refractivity contribution in [3.05, 3.63) is 40.4 Å². The van der Waals surface area contributed by atoms with E-state index < -0.39 is 0 Å². The smallest absolute Gasteiger partial charge is 0.0445 e. The van der Waals surface area contributed by atoms with Crippen LogP contribution >= 0.6 is 23.2 Å². The fourth-order valence-electron chi connectivity index (χ4n) is 1.26. The van der Waals surface area contributed by atoms with Crippen molar-refractivity contribution in [1.29, 1.82) is 0 Å². The predicted molar refractivity (Wildman–Crippen MR) is 49.0 cm³/mol. The Hall–Kier alpha value is -0.460. The van der Waals surface area contributed by atoms with Gasteiger partial charge in [-0.2, -0.15) is 0 Å². The lowest BCUT2D eigenvalue weighted by molar-refractivity contribution is 1.31. The van der Waals surface area contributed by atoms with Crippen LogP contribution in [0.4, 0.5) is 0 Å². The normalized spacial score (nSPS) is 14.5. The van der Waals surface area contributed by atoms with Gasteiger partial charge < -0.3 is 0 Å². The average molecular weight is 185 g/mol. The van der Waals surface area contributed by atoms with Gasteiger partial charge in [0.2, 0.25) is 0 Å². The molecule has 0 atom stereocenters. The zero-order valence-corrected chi connectivity index (χ0v) is 7.28. The maximum Gasteiger partial charge on any atom is 0.0445 e. The van der Waals surface area contributed by atoms with E-state index in [0.717, 1.165) is 22.0 Å². The molecule has 0 unspecified atom stereocenters. The molecule has 0 nitrogen and oxygen atoms in total. The van der Waals surface area contributed by atoms with Gasteiger partial charge in [0.15, 0.2) is 0 Å². The molecule has 0 aliphatic heterocycles. The molecule has 0 N–H and O–H groups in total. The molecule has 0 saturated heterocycles. The molecule has 1 aliphatic carbocycles. The van der Waals surface area contributed by atoms with Crippen LogP contribution in [-0.2, 0) is 6.42 Å². The van der Waals surface area contributed by atoms with Gasteiger partial charge in [0.1, 0.15) is 0 Å². The second-order valence-corrected chi connectivity index (χ2v) is 3.40. The Bertz CT molecular complexity index is 326. The number of allylic oxidation sites excluding steroid dienone is 1. The molecule has 11 heavy (non-hydrogen) atoms. The Morgan fingerprint density at radius 3 is 2.82 bits per heavy atom. The highest BCUT2D eigenvalue weighted by Crippen LogP contribution is 2.31. The molecule has 0 bridgehead atoms. The van der Waals surface area contributed by atoms with E-state index in [1.807, 2.05) is 24.3 Å². The van der Waals surface area contributed by atoms with Crippen LogP contribution in [0.1, 0.15) is 11.1 Å². The van der Waals surface area contributed by atoms with Crippen LogP contribution in [0.2, 0.25) is 5.02 Å². The first kappa shape index (κ1) is 7.20. The molecule has 1 aromatic rings. The molecule has 0 spiro atoms. The summed E-state index contributed by atoms with van der Waals surface area (Å²) in [6.45, 7) is 0. The van der Waals surface area contributed by atoms with E-state index in [4.69, 9.17) is 23.2 Å². The lowest BCUT2D eigenvalue weighted by Crippen LogP contribution is -1.80. The molecule has 0 fully saturated rings. The minimum Gasteiger partial charge on any atom is -0.0843 e. The van der Waals surface area contributed by atoms with E-state index in [0.29, 0.717) is 0 Å². The summed E-state index contributed by atoms with van der Waals surface area (Å²) < 4.78 is 0. The van der Waals surface area contributed by atoms with Crippen LogP contribution in [0.3, 0.4) is 0 Å². The van der Waals surface area contributed by atoms with Crippen molar-refractivity contribution in [2.45, 2.75) is 6.42 Å². The minimum atomic E-state index is 0.747. The maximum atomic E-state index is 5.92. The minimum absolute atomic E-state index is 0.747. The van der Waals surface area contributed by atoms with Crippen LogP contribution in [-0.4, -0.2) is 0 Å². The van der Waals surface area contributed by atoms with E-state index >= 15 is 0 Å². The van der Waals surface area contributed by atoms with Crippen molar-refractivity contribution >= 4 is 28.2 Å². The van der Waals surface area contributed by atoms with Gasteiger partial charge in [-0.05, 0) is 29.7 Å². The van der Waals surface area contributed by atoms with Crippen molar-refractivity contribution in [3.8, 4) is 0 Å². The first-order valence-corrected chi connectivity index (χ1v) is 4.17. The maximum absolute atomic E-state index is 5.92. The van der Waals surface area contributed by atoms with Crippen molar-refractivity contribution in [2.75, 3.05) is 0 Å². The first-order valence-electron chi connectivity index (χ1n) is 3.42. The molecule has 1 aliphatic rings. The zero-order valence-electron chi connectivity index (χ0n) is 5.77. The van der Waals surface area contributed by atoms with Gasteiger partial charge in [0.25, 0.3) is 0 Å². The van der Waals surface area contributed by atoms with E-state index in [1.165, 1.54) is 5.56 Å². The Labute approximate surface area is 75.4 Å². The van der Waals surface area contributed by atoms with Gasteiger partial charge in [-0.1, -0.05) is 35.3 Å². The summed E-state index contributed by atoms with van der Waals surface area (Å²) in [5, 5.41) is 1.57. The summed E-state index contributed by atoms with van der Waals surface area (Å²) in [4.78, 5) is 0. The number of hydrogen-bond donors (Lipinski definition) is 0. The number of rotatable bonds is 0. The van der Waals surface area contributed by atoms with Gasteiger partial charge in [-0.3, -0.25) is 0 Å². The Morgan fingerprint density at radius 2 is 2.00 bits per heavy atom. The van der Waals surface area contributed by atoms with Gasteiger partial charge >= 0.3 is 0 Å². The summed E-state index contributed by atoms with van der Waals surface area (Å²) >= 11 is 11.7. The molecule has 2 rings (SSSR count). The fourth-order valence-corrected chi connectivity index (χ4v) is 1.68. The predicted octanol–water partition coefficient (Wildman–Crippen LogP) is 3.48. The molecule has 0 heterocycles. The topological polar surface area (TPSA) is 0 Å². The summed E-state index contributed by atoms with van der Waals surface area (Å²) in [5.41, 5.74) is 2.35. The van der Waals surface area contributed by atoms with E-state index in [-0.39, 0.29) is 0 Å². The number of fused-ring (bicyclic) bond motifs is 1. The highest BCUT2D eigenvalue weighted by atomic mass is 35.5. The fraction of sp³-hybridized carbons (Fsp3) is 0.111. The number of hydrogen-bond acceptors (Lipinski definition) is 0. The average Bonchev–Trinajstić information content (AvgIpc) is 2.33. The molecule has 56 valence electrons. The third-order valence-corrected chi connectivity index (χ3v) is 2.42. The van der Waals surface area contributed by atoms with E-state index in [2.05, 4.69) is 0 Å². The molecule has 1 aromatic carbocycles. The van der Waals surface area contributed by atoms with Crippen molar-refractivity contribution in [1.82, 2.24) is 0 Å². The molecule has 0 aromatic heterocycles. The number of halogens is 2. The summed E-state index contributed by atoms with van der Waals surface area (Å²) in [5.74, 6) is 0. The van der Waals surface area contributed by atoms with Crippen LogP contribution < -0.4 is 0 Å². The largest absolute Gasteiger partial charge is 0.0843 e. The Balaban J connectivity index is 2.60. The first-order chi connectivity index (χ1) is 5.27. The standard InChI is InChI=1S/C9H6Cl2/c10-7-3-1-6-2-4-9(11)8(6)5-7/h1,3-5H,2H2. The second kappa shape index (κ2) is 2.54. The third-order valence-electron chi connectivity index (χ3n) is 1.83. The Kier molecular flexibility index (Phi) is 1.67. The van der Waals surface area contributed by atoms with Gasteiger partial charge in [-0.25, -0.2) is 0 Å². The van der Waals surface area contributed by atoms with Crippen molar-refractivity contribution in [2.24, 2.45) is 0 Å². The lowest BCUT2D eigenvalue weighted by Gasteiger charge is -1.98. The molecule has 0 amide bonds. The summed E-state index contributed by atoms with van der Waals surface area (Å²) in [7, 11) is 0. The highest BCUT2D eigenvalue weighted by Gasteiger charge is 2.11. The highest BCUT2D eigenvalue weighted by molar-refractivity contribution is 6.49. The molecule has 0 saturated carbocycles. The molecular weight excluding hydrogens is 179 g/mol. The zero-order chi connectivity index (χ0) is 7.84. The number of benzene rings is 1. The van der Waals surface area contributed by atoms with Crippen LogP contribution in [0.25, 0.3) is 5.03 Å². The summed E-state index contributed by atoms with van der Waals surface area (Å²) in [6.07, 6.45) is 2.94. The van der Waals surface area contributed by atoms with Crippen LogP contribution in [0, 0.1) is 0 Å². The van der Waals surface area contributed by atoms with E-state index in [9.17, 15) is 0 Å². The lowest BCUT2D eigenvalue weighted by atomic mass is 10.1. The summed E-state index contributed by atoms with van der Waals surface area (Å²) in [6, 6.07) is 5.82. The SMILES string of the molecule is ClC1=CCc2ccc(Cl)cc21. The second-order valence-electron chi connectivity index (χ2n) is 2.56. The van der Waals surface area contributed by atoms with Gasteiger partial charge in [-0.15, -0.1) is 0 Å². The van der Waals surface area contributed by atoms with Gasteiger partial charge in [0.05, 0.1) is 0 Å². The van der Waals surface area contributed by atoms with Crippen molar-refractivity contribution in [3.63, 3.8) is 0 Å². The van der Waals surface area contributed by atoms with Crippen LogP contribution in [0.5, 0.6) is 0 Å². The third kappa shape index (κ3) is 1.17. The molecule has 2 heteroatoms. The van der Waals surface area contributed by atoms with Gasteiger partial charge in [0, 0.05) is 10.1 Å². The van der Waals surface area contributed by atoms with E-state index in [1.54, 1.807) is 0 Å². The molecular formula is C9H6Cl2.